The summed E-state index contributed by atoms with van der Waals surface area (Å²) in [5.74, 6) is 0.610. The molecule has 0 aliphatic carbocycles. The second-order valence-electron chi connectivity index (χ2n) is 4.14. The van der Waals surface area contributed by atoms with Crippen molar-refractivity contribution in [2.75, 3.05) is 12.4 Å². The zero-order valence-electron chi connectivity index (χ0n) is 10.6. The minimum Gasteiger partial charge on any atom is -0.481 e. The molecule has 0 saturated heterocycles. The van der Waals surface area contributed by atoms with Crippen LogP contribution >= 0.6 is 0 Å². The molecular weight excluding hydrogens is 240 g/mol. The summed E-state index contributed by atoms with van der Waals surface area (Å²) in [4.78, 5) is 8.66. The number of fused-ring (bicyclic) bond motifs is 1. The molecule has 0 unspecified atom stereocenters. The lowest BCUT2D eigenvalue weighted by molar-refractivity contribution is 0.398. The van der Waals surface area contributed by atoms with Crippen molar-refractivity contribution < 1.29 is 4.74 Å². The highest BCUT2D eigenvalue weighted by atomic mass is 16.5. The first-order valence-electron chi connectivity index (χ1n) is 6.02. The third kappa shape index (κ3) is 2.49. The molecule has 0 aliphatic rings. The number of methoxy groups -OCH3 is 1. The Morgan fingerprint density at radius 1 is 1.26 bits per heavy atom. The van der Waals surface area contributed by atoms with Crippen LogP contribution in [-0.2, 0) is 6.54 Å². The summed E-state index contributed by atoms with van der Waals surface area (Å²) in [5, 5.41) is 3.28. The maximum absolute atomic E-state index is 5.02. The van der Waals surface area contributed by atoms with E-state index in [1.54, 1.807) is 13.3 Å². The number of pyridine rings is 2. The van der Waals surface area contributed by atoms with Crippen LogP contribution in [0.2, 0.25) is 0 Å². The van der Waals surface area contributed by atoms with Crippen molar-refractivity contribution in [1.82, 2.24) is 14.4 Å². The quantitative estimate of drug-likeness (QED) is 0.776. The smallest absolute Gasteiger partial charge is 0.213 e. The molecule has 5 heteroatoms. The minimum atomic E-state index is 0.610. The van der Waals surface area contributed by atoms with Gasteiger partial charge in [0.2, 0.25) is 5.88 Å². The van der Waals surface area contributed by atoms with E-state index in [2.05, 4.69) is 15.3 Å². The average Bonchev–Trinajstić information content (AvgIpc) is 2.88. The van der Waals surface area contributed by atoms with Gasteiger partial charge < -0.3 is 14.5 Å². The SMILES string of the molecule is COc1ccc(NCc2cn3ccccc3n2)cn1. The molecule has 3 heterocycles. The van der Waals surface area contributed by atoms with Gasteiger partial charge in [-0.25, -0.2) is 9.97 Å². The van der Waals surface area contributed by atoms with Crippen molar-refractivity contribution >= 4 is 11.3 Å². The average molecular weight is 254 g/mol. The van der Waals surface area contributed by atoms with Crippen LogP contribution in [0.15, 0.2) is 48.9 Å². The fourth-order valence-electron chi connectivity index (χ4n) is 1.87. The van der Waals surface area contributed by atoms with Gasteiger partial charge in [0.05, 0.1) is 31.2 Å². The molecule has 3 rings (SSSR count). The van der Waals surface area contributed by atoms with Gasteiger partial charge in [0.15, 0.2) is 0 Å². The van der Waals surface area contributed by atoms with Crippen LogP contribution < -0.4 is 10.1 Å². The number of anilines is 1. The second kappa shape index (κ2) is 4.97. The van der Waals surface area contributed by atoms with Crippen LogP contribution in [0.3, 0.4) is 0 Å². The van der Waals surface area contributed by atoms with Gasteiger partial charge in [-0.05, 0) is 18.2 Å². The fraction of sp³-hybridized carbons (Fsp3) is 0.143. The highest BCUT2D eigenvalue weighted by Crippen LogP contribution is 2.12. The summed E-state index contributed by atoms with van der Waals surface area (Å²) in [6.07, 6.45) is 5.74. The largest absolute Gasteiger partial charge is 0.481 e. The Balaban J connectivity index is 1.70. The number of hydrogen-bond donors (Lipinski definition) is 1. The molecule has 0 bridgehead atoms. The highest BCUT2D eigenvalue weighted by Gasteiger charge is 2.01. The van der Waals surface area contributed by atoms with E-state index in [-0.39, 0.29) is 0 Å². The van der Waals surface area contributed by atoms with E-state index in [1.165, 1.54) is 0 Å². The Morgan fingerprint density at radius 3 is 2.95 bits per heavy atom. The molecule has 0 amide bonds. The monoisotopic (exact) mass is 254 g/mol. The molecule has 0 atom stereocenters. The van der Waals surface area contributed by atoms with Gasteiger partial charge in [-0.3, -0.25) is 0 Å². The lowest BCUT2D eigenvalue weighted by Gasteiger charge is -2.04. The van der Waals surface area contributed by atoms with Crippen molar-refractivity contribution in [3.05, 3.63) is 54.6 Å². The number of imidazole rings is 1. The van der Waals surface area contributed by atoms with E-state index < -0.39 is 0 Å². The Bertz CT molecular complexity index is 642. The summed E-state index contributed by atoms with van der Waals surface area (Å²) in [6.45, 7) is 0.662. The number of aromatic nitrogens is 3. The first-order chi connectivity index (χ1) is 9.35. The molecule has 0 radical (unpaired) electrons. The van der Waals surface area contributed by atoms with Crippen LogP contribution in [-0.4, -0.2) is 21.5 Å². The number of hydrogen-bond acceptors (Lipinski definition) is 4. The Kier molecular flexibility index (Phi) is 3.02. The first kappa shape index (κ1) is 11.5. The molecular formula is C14H14N4O. The van der Waals surface area contributed by atoms with E-state index in [4.69, 9.17) is 4.74 Å². The van der Waals surface area contributed by atoms with E-state index in [9.17, 15) is 0 Å². The standard InChI is InChI=1S/C14H14N4O/c1-19-14-6-5-11(8-16-14)15-9-12-10-18-7-3-2-4-13(18)17-12/h2-8,10,15H,9H2,1H3. The number of nitrogens with zero attached hydrogens (tertiary/aromatic N) is 3. The van der Waals surface area contributed by atoms with Crippen LogP contribution in [0.1, 0.15) is 5.69 Å². The highest BCUT2D eigenvalue weighted by molar-refractivity contribution is 5.44. The molecule has 0 saturated carbocycles. The second-order valence-corrected chi connectivity index (χ2v) is 4.14. The molecule has 3 aromatic heterocycles. The topological polar surface area (TPSA) is 51.5 Å². The van der Waals surface area contributed by atoms with Gasteiger partial charge in [0.1, 0.15) is 5.65 Å². The maximum Gasteiger partial charge on any atom is 0.213 e. The van der Waals surface area contributed by atoms with Crippen LogP contribution in [0, 0.1) is 0 Å². The molecule has 0 aliphatic heterocycles. The van der Waals surface area contributed by atoms with Gasteiger partial charge >= 0.3 is 0 Å². The Hall–Kier alpha value is -2.56. The lowest BCUT2D eigenvalue weighted by atomic mass is 10.4. The van der Waals surface area contributed by atoms with Crippen LogP contribution in [0.4, 0.5) is 5.69 Å². The zero-order valence-corrected chi connectivity index (χ0v) is 10.6. The number of nitrogens with one attached hydrogen (secondary N) is 1. The van der Waals surface area contributed by atoms with Crippen LogP contribution in [0.25, 0.3) is 5.65 Å². The van der Waals surface area contributed by atoms with Crippen LogP contribution in [0.5, 0.6) is 5.88 Å². The van der Waals surface area contributed by atoms with Crippen molar-refractivity contribution in [1.29, 1.82) is 0 Å². The summed E-state index contributed by atoms with van der Waals surface area (Å²) >= 11 is 0. The molecule has 0 aromatic carbocycles. The van der Waals surface area contributed by atoms with Gasteiger partial charge in [0, 0.05) is 18.5 Å². The molecule has 5 nitrogen and oxygen atoms in total. The van der Waals surface area contributed by atoms with Gasteiger partial charge in [0.25, 0.3) is 0 Å². The van der Waals surface area contributed by atoms with Crippen molar-refractivity contribution in [2.45, 2.75) is 6.54 Å². The van der Waals surface area contributed by atoms with Gasteiger partial charge in [-0.2, -0.15) is 0 Å². The summed E-state index contributed by atoms with van der Waals surface area (Å²) in [6, 6.07) is 9.71. The van der Waals surface area contributed by atoms with Crippen molar-refractivity contribution in [3.8, 4) is 5.88 Å². The Labute approximate surface area is 110 Å². The molecule has 1 N–H and O–H groups in total. The number of rotatable bonds is 4. The maximum atomic E-state index is 5.02. The van der Waals surface area contributed by atoms with E-state index in [0.717, 1.165) is 17.0 Å². The van der Waals surface area contributed by atoms with Crippen molar-refractivity contribution in [3.63, 3.8) is 0 Å². The van der Waals surface area contributed by atoms with E-state index in [1.807, 2.05) is 47.1 Å². The third-order valence-electron chi connectivity index (χ3n) is 2.83. The van der Waals surface area contributed by atoms with Gasteiger partial charge in [-0.1, -0.05) is 6.07 Å². The summed E-state index contributed by atoms with van der Waals surface area (Å²) in [7, 11) is 1.60. The predicted octanol–water partition coefficient (Wildman–Crippen LogP) is 2.35. The first-order valence-corrected chi connectivity index (χ1v) is 6.02. The van der Waals surface area contributed by atoms with Gasteiger partial charge in [-0.15, -0.1) is 0 Å². The normalized spacial score (nSPS) is 10.6. The summed E-state index contributed by atoms with van der Waals surface area (Å²) in [5.41, 5.74) is 2.88. The summed E-state index contributed by atoms with van der Waals surface area (Å²) < 4.78 is 7.02. The molecule has 0 spiro atoms. The number of ether oxygens (including phenoxy) is 1. The van der Waals surface area contributed by atoms with E-state index in [0.29, 0.717) is 12.4 Å². The van der Waals surface area contributed by atoms with Crippen molar-refractivity contribution in [2.24, 2.45) is 0 Å². The van der Waals surface area contributed by atoms with E-state index >= 15 is 0 Å². The fourth-order valence-corrected chi connectivity index (χ4v) is 1.87. The lowest BCUT2D eigenvalue weighted by Crippen LogP contribution is -2.00. The predicted molar refractivity (Wildman–Crippen MR) is 73.3 cm³/mol. The zero-order chi connectivity index (χ0) is 13.1. The molecule has 3 aromatic rings. The molecule has 0 fully saturated rings. The molecule has 96 valence electrons. The Morgan fingerprint density at radius 2 is 2.21 bits per heavy atom. The molecule has 19 heavy (non-hydrogen) atoms. The third-order valence-corrected chi connectivity index (χ3v) is 2.83. The minimum absolute atomic E-state index is 0.610.